The van der Waals surface area contributed by atoms with Gasteiger partial charge in [-0.05, 0) is 44.4 Å². The monoisotopic (exact) mass is 417 g/mol. The van der Waals surface area contributed by atoms with Gasteiger partial charge in [-0.1, -0.05) is 23.9 Å². The van der Waals surface area contributed by atoms with Crippen molar-refractivity contribution in [2.24, 2.45) is 0 Å². The van der Waals surface area contributed by atoms with Gasteiger partial charge in [-0.25, -0.2) is 0 Å². The highest BCUT2D eigenvalue weighted by atomic mass is 32.2. The topological polar surface area (TPSA) is 63.5 Å². The summed E-state index contributed by atoms with van der Waals surface area (Å²) in [4.78, 5) is 17.1. The van der Waals surface area contributed by atoms with Crippen molar-refractivity contribution in [1.82, 2.24) is 19.7 Å². The molecule has 3 rings (SSSR count). The van der Waals surface area contributed by atoms with Crippen LogP contribution in [0.25, 0.3) is 0 Å². The highest BCUT2D eigenvalue weighted by Crippen LogP contribution is 2.21. The van der Waals surface area contributed by atoms with Gasteiger partial charge in [0.1, 0.15) is 6.33 Å². The predicted octanol–water partition coefficient (Wildman–Crippen LogP) is 3.22. The van der Waals surface area contributed by atoms with Crippen LogP contribution < -0.4 is 4.90 Å². The van der Waals surface area contributed by atoms with E-state index in [1.165, 1.54) is 11.8 Å². The molecule has 1 aromatic carbocycles. The van der Waals surface area contributed by atoms with Crippen molar-refractivity contribution in [3.8, 4) is 0 Å². The molecule has 158 valence electrons. The molecule has 1 amide bonds. The normalized spacial score (nSPS) is 16.4. The van der Waals surface area contributed by atoms with Gasteiger partial charge in [0.2, 0.25) is 5.91 Å². The highest BCUT2D eigenvalue weighted by Gasteiger charge is 2.23. The lowest BCUT2D eigenvalue weighted by molar-refractivity contribution is -0.130. The van der Waals surface area contributed by atoms with Gasteiger partial charge in [-0.15, -0.1) is 10.2 Å². The van der Waals surface area contributed by atoms with Crippen molar-refractivity contribution in [2.45, 2.75) is 50.5 Å². The van der Waals surface area contributed by atoms with Gasteiger partial charge in [0.05, 0.1) is 11.9 Å². The summed E-state index contributed by atoms with van der Waals surface area (Å²) in [7, 11) is 4.05. The van der Waals surface area contributed by atoms with Crippen LogP contribution in [0.5, 0.6) is 0 Å². The summed E-state index contributed by atoms with van der Waals surface area (Å²) < 4.78 is 7.78. The van der Waals surface area contributed by atoms with Gasteiger partial charge in [0, 0.05) is 45.5 Å². The number of thioether (sulfide) groups is 1. The molecule has 7 nitrogen and oxygen atoms in total. The van der Waals surface area contributed by atoms with E-state index < -0.39 is 0 Å². The summed E-state index contributed by atoms with van der Waals surface area (Å²) in [6.45, 7) is 6.17. The lowest BCUT2D eigenvalue weighted by Crippen LogP contribution is -2.38. The van der Waals surface area contributed by atoms with Gasteiger partial charge < -0.3 is 19.1 Å². The van der Waals surface area contributed by atoms with Crippen molar-refractivity contribution >= 4 is 23.4 Å². The van der Waals surface area contributed by atoms with Crippen LogP contribution in [0.3, 0.4) is 0 Å². The molecule has 0 N–H and O–H groups in total. The first-order valence-electron chi connectivity index (χ1n) is 10.1. The average Bonchev–Trinajstić information content (AvgIpc) is 3.37. The molecule has 1 saturated heterocycles. The van der Waals surface area contributed by atoms with E-state index in [1.54, 1.807) is 6.33 Å². The maximum atomic E-state index is 13.1. The number of anilines is 1. The highest BCUT2D eigenvalue weighted by molar-refractivity contribution is 7.99. The minimum Gasteiger partial charge on any atom is -0.378 e. The van der Waals surface area contributed by atoms with E-state index in [4.69, 9.17) is 4.74 Å². The van der Waals surface area contributed by atoms with E-state index in [1.807, 2.05) is 23.6 Å². The fourth-order valence-electron chi connectivity index (χ4n) is 3.32. The minimum atomic E-state index is 0.0977. The first-order valence-corrected chi connectivity index (χ1v) is 11.1. The molecule has 0 bridgehead atoms. The van der Waals surface area contributed by atoms with E-state index in [9.17, 15) is 4.79 Å². The summed E-state index contributed by atoms with van der Waals surface area (Å²) in [5.41, 5.74) is 2.27. The first kappa shape index (κ1) is 21.6. The lowest BCUT2D eigenvalue weighted by Gasteiger charge is -2.26. The quantitative estimate of drug-likeness (QED) is 0.584. The third kappa shape index (κ3) is 5.96. The third-order valence-corrected chi connectivity index (χ3v) is 5.99. The molecule has 0 saturated carbocycles. The first-order chi connectivity index (χ1) is 13.9. The number of carbonyl (C=O) groups is 1. The molecule has 1 fully saturated rings. The zero-order chi connectivity index (χ0) is 20.8. The number of amides is 1. The molecular formula is C21H31N5O2S. The van der Waals surface area contributed by atoms with Crippen LogP contribution in [-0.4, -0.2) is 64.7 Å². The van der Waals surface area contributed by atoms with E-state index in [0.29, 0.717) is 18.8 Å². The van der Waals surface area contributed by atoms with E-state index in [-0.39, 0.29) is 18.1 Å². The predicted molar refractivity (Wildman–Crippen MR) is 116 cm³/mol. The molecule has 0 spiro atoms. The second-order valence-electron chi connectivity index (χ2n) is 7.87. The molecule has 1 aliphatic heterocycles. The maximum Gasteiger partial charge on any atom is 0.233 e. The number of hydrogen-bond donors (Lipinski definition) is 0. The third-order valence-electron chi connectivity index (χ3n) is 5.05. The fourth-order valence-corrected chi connectivity index (χ4v) is 4.26. The van der Waals surface area contributed by atoms with Gasteiger partial charge >= 0.3 is 0 Å². The molecule has 0 aliphatic carbocycles. The van der Waals surface area contributed by atoms with Crippen molar-refractivity contribution < 1.29 is 9.53 Å². The molecule has 2 heterocycles. The molecule has 1 aliphatic rings. The second-order valence-corrected chi connectivity index (χ2v) is 8.82. The number of rotatable bonds is 9. The standard InChI is InChI=1S/C21H31N5O2S/c1-16(2)26-15-22-23-21(26)29-14-20(27)25(13-19-6-5-11-28-19)12-17-7-9-18(10-8-17)24(3)4/h7-10,15-16,19H,5-6,11-14H2,1-4H3. The number of hydrogen-bond acceptors (Lipinski definition) is 6. The lowest BCUT2D eigenvalue weighted by atomic mass is 10.1. The largest absolute Gasteiger partial charge is 0.378 e. The number of ether oxygens (including phenoxy) is 1. The van der Waals surface area contributed by atoms with E-state index >= 15 is 0 Å². The average molecular weight is 418 g/mol. The smallest absolute Gasteiger partial charge is 0.233 e. The number of benzene rings is 1. The van der Waals surface area contributed by atoms with Gasteiger partial charge in [-0.3, -0.25) is 4.79 Å². The summed E-state index contributed by atoms with van der Waals surface area (Å²) >= 11 is 1.44. The van der Waals surface area contributed by atoms with Crippen molar-refractivity contribution in [1.29, 1.82) is 0 Å². The minimum absolute atomic E-state index is 0.0977. The Kier molecular flexibility index (Phi) is 7.55. The van der Waals surface area contributed by atoms with E-state index in [2.05, 4.69) is 53.2 Å². The maximum absolute atomic E-state index is 13.1. The molecule has 2 aromatic rings. The van der Waals surface area contributed by atoms with Gasteiger partial charge in [-0.2, -0.15) is 0 Å². The van der Waals surface area contributed by atoms with Crippen LogP contribution in [0, 0.1) is 0 Å². The number of aromatic nitrogens is 3. The number of nitrogens with zero attached hydrogens (tertiary/aromatic N) is 5. The summed E-state index contributed by atoms with van der Waals surface area (Å²) in [6, 6.07) is 8.62. The second kappa shape index (κ2) is 10.1. The Morgan fingerprint density at radius 1 is 1.31 bits per heavy atom. The Balaban J connectivity index is 1.66. The number of carbonyl (C=O) groups excluding carboxylic acids is 1. The van der Waals surface area contributed by atoms with Gasteiger partial charge in [0.15, 0.2) is 5.16 Å². The van der Waals surface area contributed by atoms with Crippen LogP contribution in [-0.2, 0) is 16.1 Å². The van der Waals surface area contributed by atoms with E-state index in [0.717, 1.165) is 35.9 Å². The summed E-state index contributed by atoms with van der Waals surface area (Å²) in [5.74, 6) is 0.439. The molecular weight excluding hydrogens is 386 g/mol. The SMILES string of the molecule is CC(C)n1cnnc1SCC(=O)N(Cc1ccc(N(C)C)cc1)CC1CCCO1. The Morgan fingerprint density at radius 2 is 2.07 bits per heavy atom. The summed E-state index contributed by atoms with van der Waals surface area (Å²) in [6.07, 6.45) is 3.92. The zero-order valence-corrected chi connectivity index (χ0v) is 18.6. The van der Waals surface area contributed by atoms with Crippen LogP contribution in [0.2, 0.25) is 0 Å². The Hall–Kier alpha value is -2.06. The molecule has 8 heteroatoms. The Labute approximate surface area is 177 Å². The van der Waals surface area contributed by atoms with Crippen LogP contribution in [0.15, 0.2) is 35.7 Å². The summed E-state index contributed by atoms with van der Waals surface area (Å²) in [5, 5.41) is 8.92. The molecule has 1 atom stereocenters. The molecule has 1 aromatic heterocycles. The van der Waals surface area contributed by atoms with Crippen molar-refractivity contribution in [2.75, 3.05) is 37.9 Å². The molecule has 1 unspecified atom stereocenters. The van der Waals surface area contributed by atoms with Crippen molar-refractivity contribution in [3.05, 3.63) is 36.2 Å². The van der Waals surface area contributed by atoms with Crippen molar-refractivity contribution in [3.63, 3.8) is 0 Å². The Bertz CT molecular complexity index is 785. The molecule has 29 heavy (non-hydrogen) atoms. The van der Waals surface area contributed by atoms with Crippen LogP contribution in [0.1, 0.15) is 38.3 Å². The molecule has 0 radical (unpaired) electrons. The van der Waals surface area contributed by atoms with Crippen LogP contribution in [0.4, 0.5) is 5.69 Å². The fraction of sp³-hybridized carbons (Fsp3) is 0.571. The Morgan fingerprint density at radius 3 is 2.69 bits per heavy atom. The van der Waals surface area contributed by atoms with Crippen LogP contribution >= 0.6 is 11.8 Å². The van der Waals surface area contributed by atoms with Gasteiger partial charge in [0.25, 0.3) is 0 Å². The zero-order valence-electron chi connectivity index (χ0n) is 17.7.